The Bertz CT molecular complexity index is 392. The summed E-state index contributed by atoms with van der Waals surface area (Å²) >= 11 is 3.58. The molecule has 1 aromatic rings. The zero-order valence-corrected chi connectivity index (χ0v) is 11.4. The second kappa shape index (κ2) is 6.21. The van der Waals surface area contributed by atoms with Gasteiger partial charge in [-0.1, -0.05) is 12.1 Å². The predicted octanol–water partition coefficient (Wildman–Crippen LogP) is 2.15. The van der Waals surface area contributed by atoms with E-state index >= 15 is 0 Å². The molecule has 0 aliphatic carbocycles. The van der Waals surface area contributed by atoms with E-state index in [1.807, 2.05) is 11.8 Å². The van der Waals surface area contributed by atoms with Crippen molar-refractivity contribution >= 4 is 23.5 Å². The van der Waals surface area contributed by atoms with Crippen molar-refractivity contribution in [2.75, 3.05) is 11.5 Å². The Morgan fingerprint density at radius 2 is 2.17 bits per heavy atom. The van der Waals surface area contributed by atoms with Crippen molar-refractivity contribution < 1.29 is 18.4 Å². The molecule has 4 nitrogen and oxygen atoms in total. The minimum Gasteiger partial charge on any atom is -0.387 e. The molecule has 102 valence electrons. The van der Waals surface area contributed by atoms with Crippen LogP contribution < -0.4 is 0 Å². The lowest BCUT2D eigenvalue weighted by atomic mass is 10.2. The van der Waals surface area contributed by atoms with Gasteiger partial charge in [0.1, 0.15) is 6.10 Å². The Kier molecular flexibility index (Phi) is 4.85. The first kappa shape index (κ1) is 14.1. The third-order valence-corrected chi connectivity index (χ3v) is 5.69. The Morgan fingerprint density at radius 1 is 1.44 bits per heavy atom. The smallest absolute Gasteiger partial charge is 0.264 e. The molecule has 1 fully saturated rings. The number of aromatic nitrogens is 2. The molecule has 2 rings (SSSR count). The van der Waals surface area contributed by atoms with E-state index in [-0.39, 0.29) is 17.6 Å². The first-order valence-electron chi connectivity index (χ1n) is 5.60. The zero-order valence-electron chi connectivity index (χ0n) is 9.75. The van der Waals surface area contributed by atoms with Gasteiger partial charge in [-0.15, -0.1) is 11.8 Å². The second-order valence-corrected chi connectivity index (χ2v) is 6.75. The van der Waals surface area contributed by atoms with E-state index in [0.717, 1.165) is 11.5 Å². The number of nitrogens with zero attached hydrogens (tertiary/aromatic N) is 2. The maximum atomic E-state index is 12.2. The van der Waals surface area contributed by atoms with Gasteiger partial charge in [0, 0.05) is 16.8 Å². The maximum Gasteiger partial charge on any atom is 0.264 e. The van der Waals surface area contributed by atoms with Crippen LogP contribution in [0.3, 0.4) is 0 Å². The number of aliphatic hydroxyl groups excluding tert-OH is 1. The zero-order chi connectivity index (χ0) is 13.1. The van der Waals surface area contributed by atoms with Crippen LogP contribution in [-0.2, 0) is 6.42 Å². The highest BCUT2D eigenvalue weighted by molar-refractivity contribution is 8.06. The quantitative estimate of drug-likeness (QED) is 0.918. The SMILES string of the molecule is CC1SCCSC1c1noc(CC(O)C(F)F)n1. The normalized spacial score (nSPS) is 26.5. The molecule has 0 amide bonds. The number of hydrogen-bond acceptors (Lipinski definition) is 6. The van der Waals surface area contributed by atoms with Crippen LogP contribution in [-0.4, -0.2) is 44.5 Å². The molecule has 1 N–H and O–H groups in total. The van der Waals surface area contributed by atoms with Gasteiger partial charge in [0.15, 0.2) is 5.82 Å². The van der Waals surface area contributed by atoms with Crippen LogP contribution in [0.25, 0.3) is 0 Å². The van der Waals surface area contributed by atoms with Crippen molar-refractivity contribution in [1.82, 2.24) is 10.1 Å². The Morgan fingerprint density at radius 3 is 2.83 bits per heavy atom. The molecule has 1 saturated heterocycles. The molecule has 2 heterocycles. The molecule has 0 aromatic carbocycles. The number of halogens is 2. The fraction of sp³-hybridized carbons (Fsp3) is 0.800. The average molecular weight is 296 g/mol. The van der Waals surface area contributed by atoms with E-state index in [1.54, 1.807) is 11.8 Å². The molecule has 0 bridgehead atoms. The summed E-state index contributed by atoms with van der Waals surface area (Å²) in [4.78, 5) is 4.10. The standard InChI is InChI=1S/C10H14F2N2O2S2/c1-5-8(18-3-2-17-5)10-13-7(16-14-10)4-6(15)9(11)12/h5-6,8-9,15H,2-4H2,1H3. The van der Waals surface area contributed by atoms with Crippen LogP contribution in [0.1, 0.15) is 23.9 Å². The largest absolute Gasteiger partial charge is 0.387 e. The summed E-state index contributed by atoms with van der Waals surface area (Å²) in [7, 11) is 0. The molecule has 0 radical (unpaired) electrons. The molecule has 1 aliphatic rings. The van der Waals surface area contributed by atoms with Crippen LogP contribution >= 0.6 is 23.5 Å². The highest BCUT2D eigenvalue weighted by Gasteiger charge is 2.29. The summed E-state index contributed by atoms with van der Waals surface area (Å²) in [5, 5.41) is 13.4. The predicted molar refractivity (Wildman–Crippen MR) is 67.1 cm³/mol. The number of thioether (sulfide) groups is 2. The summed E-state index contributed by atoms with van der Waals surface area (Å²) in [5.41, 5.74) is 0. The summed E-state index contributed by atoms with van der Waals surface area (Å²) in [5.74, 6) is 2.72. The van der Waals surface area contributed by atoms with Crippen LogP contribution in [0.2, 0.25) is 0 Å². The minimum atomic E-state index is -2.79. The van der Waals surface area contributed by atoms with Crippen molar-refractivity contribution in [3.63, 3.8) is 0 Å². The molecular formula is C10H14F2N2O2S2. The fourth-order valence-corrected chi connectivity index (χ4v) is 4.33. The summed E-state index contributed by atoms with van der Waals surface area (Å²) in [6.07, 6.45) is -4.84. The van der Waals surface area contributed by atoms with Crippen LogP contribution in [0.4, 0.5) is 8.78 Å². The Labute approximate surface area is 112 Å². The third kappa shape index (κ3) is 3.36. The lowest BCUT2D eigenvalue weighted by Gasteiger charge is -2.24. The van der Waals surface area contributed by atoms with Gasteiger partial charge in [-0.3, -0.25) is 0 Å². The van der Waals surface area contributed by atoms with E-state index < -0.39 is 12.5 Å². The van der Waals surface area contributed by atoms with E-state index in [9.17, 15) is 8.78 Å². The van der Waals surface area contributed by atoms with Gasteiger partial charge in [0.25, 0.3) is 6.43 Å². The van der Waals surface area contributed by atoms with Gasteiger partial charge in [0.05, 0.1) is 11.7 Å². The van der Waals surface area contributed by atoms with Crippen molar-refractivity contribution in [3.05, 3.63) is 11.7 Å². The van der Waals surface area contributed by atoms with Crippen LogP contribution in [0.5, 0.6) is 0 Å². The van der Waals surface area contributed by atoms with Gasteiger partial charge >= 0.3 is 0 Å². The lowest BCUT2D eigenvalue weighted by Crippen LogP contribution is -2.20. The van der Waals surface area contributed by atoms with Gasteiger partial charge in [0.2, 0.25) is 5.89 Å². The number of alkyl halides is 2. The monoisotopic (exact) mass is 296 g/mol. The highest BCUT2D eigenvalue weighted by Crippen LogP contribution is 2.41. The highest BCUT2D eigenvalue weighted by atomic mass is 32.2. The van der Waals surface area contributed by atoms with Crippen LogP contribution in [0.15, 0.2) is 4.52 Å². The summed E-state index contributed by atoms with van der Waals surface area (Å²) in [6.45, 7) is 2.09. The van der Waals surface area contributed by atoms with E-state index in [2.05, 4.69) is 17.1 Å². The van der Waals surface area contributed by atoms with Crippen molar-refractivity contribution in [1.29, 1.82) is 0 Å². The molecule has 1 aromatic heterocycles. The van der Waals surface area contributed by atoms with Crippen molar-refractivity contribution in [2.45, 2.75) is 36.4 Å². The first-order chi connectivity index (χ1) is 8.58. The van der Waals surface area contributed by atoms with Gasteiger partial charge in [-0.2, -0.15) is 16.7 Å². The van der Waals surface area contributed by atoms with E-state index in [0.29, 0.717) is 11.1 Å². The molecule has 0 saturated carbocycles. The van der Waals surface area contributed by atoms with Crippen molar-refractivity contribution in [2.24, 2.45) is 0 Å². The minimum absolute atomic E-state index is 0.0705. The number of hydrogen-bond donors (Lipinski definition) is 1. The summed E-state index contributed by atoms with van der Waals surface area (Å²) in [6, 6.07) is 0. The van der Waals surface area contributed by atoms with Gasteiger partial charge in [-0.05, 0) is 0 Å². The molecule has 18 heavy (non-hydrogen) atoms. The lowest BCUT2D eigenvalue weighted by molar-refractivity contribution is -0.00754. The Hall–Kier alpha value is -0.340. The third-order valence-electron chi connectivity index (χ3n) is 2.60. The molecule has 3 unspecified atom stereocenters. The molecule has 8 heteroatoms. The van der Waals surface area contributed by atoms with E-state index in [1.165, 1.54) is 0 Å². The molecular weight excluding hydrogens is 282 g/mol. The Balaban J connectivity index is 2.01. The average Bonchev–Trinajstić information content (AvgIpc) is 2.77. The molecule has 1 aliphatic heterocycles. The first-order valence-corrected chi connectivity index (χ1v) is 7.69. The molecule has 0 spiro atoms. The van der Waals surface area contributed by atoms with Crippen molar-refractivity contribution in [3.8, 4) is 0 Å². The maximum absolute atomic E-state index is 12.2. The number of rotatable bonds is 4. The van der Waals surface area contributed by atoms with Crippen LogP contribution in [0, 0.1) is 0 Å². The second-order valence-electron chi connectivity index (χ2n) is 4.02. The van der Waals surface area contributed by atoms with E-state index in [4.69, 9.17) is 9.63 Å². The van der Waals surface area contributed by atoms with Gasteiger partial charge < -0.3 is 9.63 Å². The summed E-state index contributed by atoms with van der Waals surface area (Å²) < 4.78 is 29.3. The number of aliphatic hydroxyl groups is 1. The topological polar surface area (TPSA) is 59.2 Å². The fourth-order valence-electron chi connectivity index (χ4n) is 1.65. The van der Waals surface area contributed by atoms with Gasteiger partial charge in [-0.25, -0.2) is 8.78 Å². The molecule has 3 atom stereocenters.